The van der Waals surface area contributed by atoms with Crippen LogP contribution in [-0.2, 0) is 11.4 Å². The van der Waals surface area contributed by atoms with Gasteiger partial charge in [0.2, 0.25) is 0 Å². The second-order valence-electron chi connectivity index (χ2n) is 4.34. The smallest absolute Gasteiger partial charge is 0.198 e. The molecule has 0 aliphatic carbocycles. The predicted molar refractivity (Wildman–Crippen MR) is 85.8 cm³/mol. The van der Waals surface area contributed by atoms with Gasteiger partial charge >= 0.3 is 0 Å². The standard InChI is InChI=1S/C13H11BrClN3O2S/c1-7-11(21-13(14)17-7)5-19-8-2-3-9(10(15)4-8)12-16-6-20-18-12/h2-4,6,12,18H,5H2,1H3. The van der Waals surface area contributed by atoms with Gasteiger partial charge in [0, 0.05) is 5.56 Å². The second-order valence-corrected chi connectivity index (χ2v) is 7.11. The van der Waals surface area contributed by atoms with E-state index in [1.165, 1.54) is 6.40 Å². The molecule has 0 amide bonds. The van der Waals surface area contributed by atoms with Crippen LogP contribution in [0, 0.1) is 6.92 Å². The Labute approximate surface area is 139 Å². The molecule has 0 fully saturated rings. The molecule has 0 spiro atoms. The maximum atomic E-state index is 6.26. The van der Waals surface area contributed by atoms with E-state index < -0.39 is 0 Å². The van der Waals surface area contributed by atoms with Crippen LogP contribution in [0.2, 0.25) is 5.02 Å². The fourth-order valence-corrected chi connectivity index (χ4v) is 3.68. The van der Waals surface area contributed by atoms with Crippen molar-refractivity contribution in [2.45, 2.75) is 19.7 Å². The Morgan fingerprint density at radius 2 is 2.38 bits per heavy atom. The number of aromatic nitrogens is 1. The van der Waals surface area contributed by atoms with Crippen molar-refractivity contribution < 1.29 is 9.57 Å². The summed E-state index contributed by atoms with van der Waals surface area (Å²) in [5, 5.41) is 0.579. The van der Waals surface area contributed by atoms with Crippen molar-refractivity contribution in [2.24, 2.45) is 4.99 Å². The second kappa shape index (κ2) is 6.31. The minimum Gasteiger partial charge on any atom is -0.488 e. The van der Waals surface area contributed by atoms with Gasteiger partial charge in [-0.2, -0.15) is 0 Å². The van der Waals surface area contributed by atoms with Crippen LogP contribution < -0.4 is 10.2 Å². The Bertz CT molecular complexity index is 692. The summed E-state index contributed by atoms with van der Waals surface area (Å²) in [5.41, 5.74) is 4.55. The Balaban J connectivity index is 1.70. The number of hydrogen-bond acceptors (Lipinski definition) is 6. The SMILES string of the molecule is Cc1nc(Br)sc1COc1ccc(C2N=CON2)c(Cl)c1. The molecule has 1 aliphatic rings. The molecule has 1 aromatic heterocycles. The first kappa shape index (κ1) is 14.8. The first-order valence-corrected chi connectivity index (χ1v) is 8.09. The first-order valence-electron chi connectivity index (χ1n) is 6.10. The number of ether oxygens (including phenoxy) is 1. The number of nitrogens with zero attached hydrogens (tertiary/aromatic N) is 2. The molecule has 3 rings (SSSR count). The molecule has 21 heavy (non-hydrogen) atoms. The lowest BCUT2D eigenvalue weighted by molar-refractivity contribution is 0.188. The minimum absolute atomic E-state index is 0.272. The third-order valence-corrected chi connectivity index (χ3v) is 4.85. The summed E-state index contributed by atoms with van der Waals surface area (Å²) in [6.07, 6.45) is 1.08. The van der Waals surface area contributed by atoms with Crippen LogP contribution in [0.4, 0.5) is 0 Å². The number of halogens is 2. The minimum atomic E-state index is -0.272. The summed E-state index contributed by atoms with van der Waals surface area (Å²) in [7, 11) is 0. The van der Waals surface area contributed by atoms with Crippen molar-refractivity contribution in [3.63, 3.8) is 0 Å². The highest BCUT2D eigenvalue weighted by Crippen LogP contribution is 2.30. The van der Waals surface area contributed by atoms with E-state index in [-0.39, 0.29) is 6.17 Å². The van der Waals surface area contributed by atoms with Crippen LogP contribution in [0.15, 0.2) is 27.1 Å². The molecular weight excluding hydrogens is 378 g/mol. The zero-order chi connectivity index (χ0) is 14.8. The van der Waals surface area contributed by atoms with E-state index in [4.69, 9.17) is 21.2 Å². The molecule has 1 unspecified atom stereocenters. The van der Waals surface area contributed by atoms with Gasteiger partial charge in [0.15, 0.2) is 16.5 Å². The van der Waals surface area contributed by atoms with Crippen LogP contribution >= 0.6 is 38.9 Å². The third-order valence-electron chi connectivity index (χ3n) is 2.95. The maximum Gasteiger partial charge on any atom is 0.198 e. The summed E-state index contributed by atoms with van der Waals surface area (Å²) in [6, 6.07) is 5.51. The Morgan fingerprint density at radius 3 is 3.00 bits per heavy atom. The van der Waals surface area contributed by atoms with Gasteiger partial charge in [-0.1, -0.05) is 17.7 Å². The zero-order valence-corrected chi connectivity index (χ0v) is 14.1. The van der Waals surface area contributed by atoms with Gasteiger partial charge in [-0.05, 0) is 35.0 Å². The summed E-state index contributed by atoms with van der Waals surface area (Å²) < 4.78 is 6.62. The molecule has 0 saturated carbocycles. The van der Waals surface area contributed by atoms with Gasteiger partial charge in [-0.15, -0.1) is 16.8 Å². The number of nitrogens with one attached hydrogen (secondary N) is 1. The Morgan fingerprint density at radius 1 is 1.52 bits per heavy atom. The summed E-state index contributed by atoms with van der Waals surface area (Å²) >= 11 is 11.2. The molecule has 0 saturated heterocycles. The molecule has 2 heterocycles. The van der Waals surface area contributed by atoms with Crippen molar-refractivity contribution in [2.75, 3.05) is 0 Å². The number of benzene rings is 1. The third kappa shape index (κ3) is 3.37. The molecule has 0 bridgehead atoms. The van der Waals surface area contributed by atoms with E-state index in [9.17, 15) is 0 Å². The van der Waals surface area contributed by atoms with E-state index in [1.807, 2.05) is 19.1 Å². The van der Waals surface area contributed by atoms with Crippen molar-refractivity contribution in [3.8, 4) is 5.75 Å². The van der Waals surface area contributed by atoms with E-state index in [0.29, 0.717) is 17.4 Å². The van der Waals surface area contributed by atoms with Gasteiger partial charge in [0.05, 0.1) is 15.6 Å². The predicted octanol–water partition coefficient (Wildman–Crippen LogP) is 4.01. The van der Waals surface area contributed by atoms with Gasteiger partial charge in [0.1, 0.15) is 12.4 Å². The molecule has 2 aromatic rings. The topological polar surface area (TPSA) is 55.7 Å². The quantitative estimate of drug-likeness (QED) is 0.860. The molecule has 1 aliphatic heterocycles. The molecule has 110 valence electrons. The lowest BCUT2D eigenvalue weighted by Gasteiger charge is -2.11. The van der Waals surface area contributed by atoms with E-state index >= 15 is 0 Å². The number of aryl methyl sites for hydroxylation is 1. The number of hydroxylamine groups is 1. The average Bonchev–Trinajstić information content (AvgIpc) is 3.06. The fraction of sp³-hybridized carbons (Fsp3) is 0.231. The van der Waals surface area contributed by atoms with Crippen LogP contribution in [0.5, 0.6) is 5.75 Å². The van der Waals surface area contributed by atoms with E-state index in [2.05, 4.69) is 31.4 Å². The highest BCUT2D eigenvalue weighted by Gasteiger charge is 2.17. The Hall–Kier alpha value is -1.15. The maximum absolute atomic E-state index is 6.26. The molecule has 8 heteroatoms. The monoisotopic (exact) mass is 387 g/mol. The van der Waals surface area contributed by atoms with Crippen molar-refractivity contribution in [3.05, 3.63) is 43.3 Å². The average molecular weight is 389 g/mol. The van der Waals surface area contributed by atoms with Crippen molar-refractivity contribution in [1.82, 2.24) is 10.5 Å². The molecule has 1 atom stereocenters. The normalized spacial score (nSPS) is 17.0. The number of rotatable bonds is 4. The number of aliphatic imine (C=N–C) groups is 1. The van der Waals surface area contributed by atoms with Gasteiger partial charge in [-0.25, -0.2) is 9.98 Å². The highest BCUT2D eigenvalue weighted by molar-refractivity contribution is 9.11. The molecule has 1 N–H and O–H groups in total. The molecular formula is C13H11BrClN3O2S. The molecule has 0 radical (unpaired) electrons. The molecule has 5 nitrogen and oxygen atoms in total. The van der Waals surface area contributed by atoms with Crippen molar-refractivity contribution >= 4 is 45.3 Å². The summed E-state index contributed by atoms with van der Waals surface area (Å²) in [4.78, 5) is 14.4. The number of thiazole rings is 1. The first-order chi connectivity index (χ1) is 10.1. The lowest BCUT2D eigenvalue weighted by atomic mass is 10.2. The highest BCUT2D eigenvalue weighted by atomic mass is 79.9. The Kier molecular flexibility index (Phi) is 4.44. The fourth-order valence-electron chi connectivity index (χ4n) is 1.86. The van der Waals surface area contributed by atoms with E-state index in [1.54, 1.807) is 17.4 Å². The van der Waals surface area contributed by atoms with E-state index in [0.717, 1.165) is 20.1 Å². The lowest BCUT2D eigenvalue weighted by Crippen LogP contribution is -2.12. The van der Waals surface area contributed by atoms with Crippen LogP contribution in [0.1, 0.15) is 22.3 Å². The summed E-state index contributed by atoms with van der Waals surface area (Å²) in [6.45, 7) is 2.42. The summed E-state index contributed by atoms with van der Waals surface area (Å²) in [5.74, 6) is 0.704. The van der Waals surface area contributed by atoms with Gasteiger partial charge in [0.25, 0.3) is 0 Å². The number of hydrogen-bond donors (Lipinski definition) is 1. The molecule has 1 aromatic carbocycles. The van der Waals surface area contributed by atoms with Crippen molar-refractivity contribution in [1.29, 1.82) is 0 Å². The van der Waals surface area contributed by atoms with Crippen LogP contribution in [-0.4, -0.2) is 11.4 Å². The van der Waals surface area contributed by atoms with Gasteiger partial charge < -0.3 is 9.57 Å². The van der Waals surface area contributed by atoms with Crippen LogP contribution in [0.3, 0.4) is 0 Å². The van der Waals surface area contributed by atoms with Crippen LogP contribution in [0.25, 0.3) is 0 Å². The zero-order valence-electron chi connectivity index (χ0n) is 11.0. The van der Waals surface area contributed by atoms with Gasteiger partial charge in [-0.3, -0.25) is 0 Å². The largest absolute Gasteiger partial charge is 0.488 e.